The lowest BCUT2D eigenvalue weighted by Crippen LogP contribution is -2.32. The molecule has 0 aliphatic carbocycles. The summed E-state index contributed by atoms with van der Waals surface area (Å²) in [6.07, 6.45) is -2.76. The molecule has 2 amide bonds. The van der Waals surface area contributed by atoms with Crippen LogP contribution in [0, 0.1) is 5.82 Å². The molecule has 4 aromatic rings. The predicted molar refractivity (Wildman–Crippen MR) is 145 cm³/mol. The largest absolute Gasteiger partial charge is 0.495 e. The molecule has 10 nitrogen and oxygen atoms in total. The van der Waals surface area contributed by atoms with Gasteiger partial charge in [-0.3, -0.25) is 19.0 Å². The van der Waals surface area contributed by atoms with Crippen LogP contribution in [0.2, 0.25) is 5.02 Å². The van der Waals surface area contributed by atoms with Crippen molar-refractivity contribution >= 4 is 29.1 Å². The number of aromatic nitrogens is 4. The number of benzene rings is 2. The minimum atomic E-state index is -4.75. The van der Waals surface area contributed by atoms with Crippen LogP contribution in [0.5, 0.6) is 5.75 Å². The minimum absolute atomic E-state index is 0.0520. The Bertz CT molecular complexity index is 1830. The zero-order valence-electron chi connectivity index (χ0n) is 24.8. The number of hydrogen-bond donors (Lipinski definition) is 2. The molecule has 42 heavy (non-hydrogen) atoms. The van der Waals surface area contributed by atoms with Crippen molar-refractivity contribution in [3.63, 3.8) is 0 Å². The maximum absolute atomic E-state index is 14.6. The third kappa shape index (κ3) is 6.12. The zero-order chi connectivity index (χ0) is 33.3. The molecule has 0 bridgehead atoms. The van der Waals surface area contributed by atoms with Gasteiger partial charge < -0.3 is 15.4 Å². The summed E-state index contributed by atoms with van der Waals surface area (Å²) in [6, 6.07) is 7.16. The van der Waals surface area contributed by atoms with Crippen LogP contribution in [0.15, 0.2) is 59.7 Å². The monoisotopic (exact) mass is 609 g/mol. The second-order valence-electron chi connectivity index (χ2n) is 8.77. The number of rotatable bonds is 8. The van der Waals surface area contributed by atoms with Crippen LogP contribution in [-0.2, 0) is 11.0 Å². The van der Waals surface area contributed by atoms with Crippen molar-refractivity contribution in [3.05, 3.63) is 87.3 Å². The second-order valence-corrected chi connectivity index (χ2v) is 9.21. The number of pyridine rings is 1. The number of methoxy groups -OCH3 is 1. The van der Waals surface area contributed by atoms with E-state index in [1.807, 2.05) is 0 Å². The lowest BCUT2D eigenvalue weighted by atomic mass is 10.0. The molecule has 2 heterocycles. The standard InChI is InChI=1S/C27H23ClF4N6O4/c1-4-20(26(41)34-15-6-7-16(19(29)10-15)25(40)33-2)37-12-22(42-3)18(11-24(37)39)17-9-14(28)5-8-21(17)38-13-23(35-36-38)27(30,31)32/h5-13,20H,4H2,1-3H3,(H,33,40)(H,34,41)/t20-/m0/s1/i2D3. The molecule has 0 radical (unpaired) electrons. The number of anilines is 1. The number of ether oxygens (including phenoxy) is 1. The van der Waals surface area contributed by atoms with Crippen LogP contribution in [0.25, 0.3) is 16.8 Å². The first kappa shape index (κ1) is 26.2. The summed E-state index contributed by atoms with van der Waals surface area (Å²) in [5, 5.41) is 11.0. The van der Waals surface area contributed by atoms with E-state index >= 15 is 0 Å². The summed E-state index contributed by atoms with van der Waals surface area (Å²) < 4.78 is 82.8. The van der Waals surface area contributed by atoms with Gasteiger partial charge in [0.15, 0.2) is 5.69 Å². The Morgan fingerprint density at radius 1 is 1.14 bits per heavy atom. The van der Waals surface area contributed by atoms with Gasteiger partial charge in [0.25, 0.3) is 11.5 Å². The van der Waals surface area contributed by atoms with Crippen molar-refractivity contribution in [2.75, 3.05) is 19.4 Å². The Labute approximate surface area is 245 Å². The summed E-state index contributed by atoms with van der Waals surface area (Å²) in [5.41, 5.74) is -2.17. The average Bonchev–Trinajstić information content (AvgIpc) is 3.44. The molecule has 0 spiro atoms. The van der Waals surface area contributed by atoms with E-state index in [1.165, 1.54) is 37.6 Å². The van der Waals surface area contributed by atoms with Gasteiger partial charge in [-0.2, -0.15) is 13.2 Å². The maximum Gasteiger partial charge on any atom is 0.436 e. The SMILES string of the molecule is [2H]C([2H])([2H])NC(=O)c1ccc(NC(=O)[C@H](CC)n2cc(OC)c(-c3cc(Cl)ccc3-n3cc(C(F)(F)F)nn3)cc2=O)cc1F. The predicted octanol–water partition coefficient (Wildman–Crippen LogP) is 4.87. The summed E-state index contributed by atoms with van der Waals surface area (Å²) in [7, 11) is 1.28. The topological polar surface area (TPSA) is 120 Å². The van der Waals surface area contributed by atoms with Gasteiger partial charge in [0.05, 0.1) is 30.8 Å². The average molecular weight is 610 g/mol. The third-order valence-electron chi connectivity index (χ3n) is 6.16. The van der Waals surface area contributed by atoms with Crippen molar-refractivity contribution in [1.29, 1.82) is 0 Å². The van der Waals surface area contributed by atoms with Crippen LogP contribution in [0.1, 0.15) is 39.6 Å². The first-order valence-corrected chi connectivity index (χ1v) is 12.4. The van der Waals surface area contributed by atoms with Crippen LogP contribution in [-0.4, -0.2) is 45.5 Å². The quantitative estimate of drug-likeness (QED) is 0.275. The second kappa shape index (κ2) is 12.0. The molecule has 2 aromatic heterocycles. The van der Waals surface area contributed by atoms with Gasteiger partial charge in [0, 0.05) is 39.0 Å². The van der Waals surface area contributed by atoms with Gasteiger partial charge >= 0.3 is 6.18 Å². The molecule has 4 rings (SSSR count). The zero-order valence-corrected chi connectivity index (χ0v) is 22.5. The van der Waals surface area contributed by atoms with E-state index < -0.39 is 53.6 Å². The molecule has 0 aliphatic rings. The first-order valence-electron chi connectivity index (χ1n) is 13.5. The van der Waals surface area contributed by atoms with Crippen molar-refractivity contribution in [2.45, 2.75) is 25.6 Å². The Morgan fingerprint density at radius 3 is 2.52 bits per heavy atom. The van der Waals surface area contributed by atoms with E-state index in [9.17, 15) is 31.9 Å². The van der Waals surface area contributed by atoms with E-state index in [0.29, 0.717) is 6.20 Å². The Balaban J connectivity index is 1.68. The van der Waals surface area contributed by atoms with Crippen molar-refractivity contribution in [3.8, 4) is 22.6 Å². The summed E-state index contributed by atoms with van der Waals surface area (Å²) in [4.78, 5) is 38.6. The highest BCUT2D eigenvalue weighted by atomic mass is 35.5. The summed E-state index contributed by atoms with van der Waals surface area (Å²) in [5.74, 6) is -2.96. The number of nitrogens with zero attached hydrogens (tertiary/aromatic N) is 4. The molecule has 15 heteroatoms. The molecule has 220 valence electrons. The molecule has 0 saturated heterocycles. The Kier molecular flexibility index (Phi) is 7.50. The van der Waals surface area contributed by atoms with Crippen LogP contribution >= 0.6 is 11.6 Å². The number of carbonyl (C=O) groups is 2. The highest BCUT2D eigenvalue weighted by Crippen LogP contribution is 2.36. The van der Waals surface area contributed by atoms with Gasteiger partial charge in [-0.1, -0.05) is 23.7 Å². The number of halogens is 5. The van der Waals surface area contributed by atoms with E-state index in [0.717, 1.165) is 27.4 Å². The summed E-state index contributed by atoms with van der Waals surface area (Å²) in [6.45, 7) is -1.23. The van der Waals surface area contributed by atoms with Gasteiger partial charge in [0.2, 0.25) is 5.91 Å². The molecule has 1 atom stereocenters. The van der Waals surface area contributed by atoms with Crippen LogP contribution < -0.4 is 20.9 Å². The van der Waals surface area contributed by atoms with Crippen LogP contribution in [0.4, 0.5) is 23.2 Å². The Morgan fingerprint density at radius 2 is 1.90 bits per heavy atom. The molecule has 0 fully saturated rings. The van der Waals surface area contributed by atoms with Gasteiger partial charge in [-0.05, 0) is 42.8 Å². The van der Waals surface area contributed by atoms with E-state index in [-0.39, 0.29) is 39.7 Å². The highest BCUT2D eigenvalue weighted by molar-refractivity contribution is 6.31. The summed E-state index contributed by atoms with van der Waals surface area (Å²) >= 11 is 6.18. The fraction of sp³-hybridized carbons (Fsp3) is 0.222. The molecule has 0 aliphatic heterocycles. The third-order valence-corrected chi connectivity index (χ3v) is 6.40. The normalized spacial score (nSPS) is 13.5. The van der Waals surface area contributed by atoms with Gasteiger partial charge in [0.1, 0.15) is 17.6 Å². The highest BCUT2D eigenvalue weighted by Gasteiger charge is 2.35. The number of carbonyl (C=O) groups excluding carboxylic acids is 2. The fourth-order valence-electron chi connectivity index (χ4n) is 4.16. The van der Waals surface area contributed by atoms with E-state index in [1.54, 1.807) is 12.2 Å². The molecule has 2 aromatic carbocycles. The van der Waals surface area contributed by atoms with Gasteiger partial charge in [-0.25, -0.2) is 9.07 Å². The van der Waals surface area contributed by atoms with Crippen molar-refractivity contribution < 1.29 is 36.0 Å². The van der Waals surface area contributed by atoms with Crippen molar-refractivity contribution in [2.24, 2.45) is 0 Å². The minimum Gasteiger partial charge on any atom is -0.495 e. The number of alkyl halides is 3. The Hall–Kier alpha value is -4.72. The number of nitrogens with one attached hydrogen (secondary N) is 2. The van der Waals surface area contributed by atoms with Crippen molar-refractivity contribution in [1.82, 2.24) is 24.9 Å². The van der Waals surface area contributed by atoms with Gasteiger partial charge in [-0.15, -0.1) is 5.10 Å². The first-order chi connectivity index (χ1) is 21.0. The molecule has 2 N–H and O–H groups in total. The number of hydrogen-bond acceptors (Lipinski definition) is 6. The number of amides is 2. The molecular weight excluding hydrogens is 584 g/mol. The lowest BCUT2D eigenvalue weighted by Gasteiger charge is -2.21. The molecular formula is C27H23ClF4N6O4. The fourth-order valence-corrected chi connectivity index (χ4v) is 4.33. The lowest BCUT2D eigenvalue weighted by molar-refractivity contribution is -0.141. The smallest absolute Gasteiger partial charge is 0.436 e. The van der Waals surface area contributed by atoms with E-state index in [2.05, 4.69) is 15.6 Å². The van der Waals surface area contributed by atoms with Crippen LogP contribution in [0.3, 0.4) is 0 Å². The van der Waals surface area contributed by atoms with E-state index in [4.69, 9.17) is 20.5 Å². The molecule has 0 unspecified atom stereocenters. The maximum atomic E-state index is 14.6. The molecule has 0 saturated carbocycles.